The molecule has 0 aromatic heterocycles. The number of phosphoric acid groups is 1. The van der Waals surface area contributed by atoms with E-state index in [4.69, 9.17) is 18.3 Å². The van der Waals surface area contributed by atoms with Crippen LogP contribution in [0, 0.1) is 11.3 Å². The van der Waals surface area contributed by atoms with Gasteiger partial charge in [0.2, 0.25) is 0 Å². The minimum Gasteiger partial charge on any atom is -0.465 e. The molecular formula is C17H29O7P. The van der Waals surface area contributed by atoms with Crippen LogP contribution in [0.1, 0.15) is 53.4 Å². The summed E-state index contributed by atoms with van der Waals surface area (Å²) in [7, 11) is -3.86. The first kappa shape index (κ1) is 20.4. The molecule has 1 fully saturated rings. The van der Waals surface area contributed by atoms with Gasteiger partial charge in [-0.05, 0) is 65.4 Å². The molecule has 2 rings (SSSR count). The fourth-order valence-corrected chi connectivity index (χ4v) is 4.98. The van der Waals surface area contributed by atoms with E-state index in [1.165, 1.54) is 6.08 Å². The Kier molecular flexibility index (Phi) is 6.36. The van der Waals surface area contributed by atoms with Crippen LogP contribution in [0.3, 0.4) is 0 Å². The lowest BCUT2D eigenvalue weighted by molar-refractivity contribution is -0.155. The summed E-state index contributed by atoms with van der Waals surface area (Å²) in [5.74, 6) is -0.451. The quantitative estimate of drug-likeness (QED) is 0.511. The number of fused-ring (bicyclic) bond motifs is 1. The van der Waals surface area contributed by atoms with E-state index in [2.05, 4.69) is 0 Å². The average molecular weight is 376 g/mol. The van der Waals surface area contributed by atoms with Crippen LogP contribution in [0.4, 0.5) is 0 Å². The minimum atomic E-state index is -3.86. The van der Waals surface area contributed by atoms with Crippen molar-refractivity contribution < 1.29 is 32.8 Å². The average Bonchev–Trinajstić information content (AvgIpc) is 2.90. The predicted molar refractivity (Wildman–Crippen MR) is 91.7 cm³/mol. The fraction of sp³-hybridized carbons (Fsp3) is 0.824. The highest BCUT2D eigenvalue weighted by molar-refractivity contribution is 7.48. The van der Waals surface area contributed by atoms with Crippen LogP contribution in [-0.2, 0) is 27.7 Å². The number of hydrogen-bond acceptors (Lipinski definition) is 7. The third-order valence-corrected chi connectivity index (χ3v) is 6.43. The summed E-state index contributed by atoms with van der Waals surface area (Å²) < 4.78 is 34.0. The molecule has 0 saturated heterocycles. The maximum absolute atomic E-state index is 12.8. The smallest absolute Gasteiger partial charge is 0.465 e. The van der Waals surface area contributed by atoms with E-state index in [0.717, 1.165) is 12.8 Å². The number of ether oxygens (including phenoxy) is 1. The van der Waals surface area contributed by atoms with E-state index in [9.17, 15) is 14.5 Å². The van der Waals surface area contributed by atoms with Crippen LogP contribution in [0.5, 0.6) is 0 Å². The maximum atomic E-state index is 12.8. The zero-order valence-corrected chi connectivity index (χ0v) is 16.3. The number of carbonyl (C=O) groups excluding carboxylic acids is 1. The number of hydrogen-bond donors (Lipinski definition) is 1. The highest BCUT2D eigenvalue weighted by Crippen LogP contribution is 2.59. The third-order valence-electron chi connectivity index (χ3n) is 4.86. The minimum absolute atomic E-state index is 0.0991. The molecule has 0 heterocycles. The normalized spacial score (nSPS) is 32.0. The van der Waals surface area contributed by atoms with Gasteiger partial charge in [-0.2, -0.15) is 0 Å². The lowest BCUT2D eigenvalue weighted by atomic mass is 9.69. The van der Waals surface area contributed by atoms with Crippen molar-refractivity contribution in [1.82, 2.24) is 0 Å². The van der Waals surface area contributed by atoms with Crippen LogP contribution in [0.2, 0.25) is 0 Å². The van der Waals surface area contributed by atoms with Gasteiger partial charge in [0.25, 0.3) is 0 Å². The van der Waals surface area contributed by atoms with Crippen molar-refractivity contribution in [2.24, 2.45) is 11.3 Å². The van der Waals surface area contributed by atoms with Gasteiger partial charge in [0.05, 0.1) is 25.2 Å². The van der Waals surface area contributed by atoms with Crippen LogP contribution in [-0.4, -0.2) is 36.5 Å². The lowest BCUT2D eigenvalue weighted by Gasteiger charge is -2.42. The SMILES string of the molecule is CCOC(=O)C1(C)C=C(OP(=O)(OCC)OCC)[C@@]2(O)CCC[C@@H]2C1. The molecular weight excluding hydrogens is 347 g/mol. The summed E-state index contributed by atoms with van der Waals surface area (Å²) in [6, 6.07) is 0. The van der Waals surface area contributed by atoms with Gasteiger partial charge in [-0.1, -0.05) is 0 Å². The monoisotopic (exact) mass is 376 g/mol. The van der Waals surface area contributed by atoms with Crippen molar-refractivity contribution >= 4 is 13.8 Å². The van der Waals surface area contributed by atoms with Crippen LogP contribution < -0.4 is 0 Å². The Morgan fingerprint density at radius 2 is 1.92 bits per heavy atom. The zero-order valence-electron chi connectivity index (χ0n) is 15.4. The molecule has 0 radical (unpaired) electrons. The van der Waals surface area contributed by atoms with E-state index in [-0.39, 0.29) is 37.5 Å². The Hall–Kier alpha value is -0.880. The maximum Gasteiger partial charge on any atom is 0.529 e. The number of esters is 1. The molecule has 0 amide bonds. The molecule has 8 heteroatoms. The number of aliphatic hydroxyl groups is 1. The Bertz CT molecular complexity index is 565. The van der Waals surface area contributed by atoms with Crippen LogP contribution in [0.15, 0.2) is 11.8 Å². The molecule has 0 bridgehead atoms. The van der Waals surface area contributed by atoms with E-state index < -0.39 is 18.8 Å². The topological polar surface area (TPSA) is 91.3 Å². The second kappa shape index (κ2) is 7.78. The van der Waals surface area contributed by atoms with Gasteiger partial charge in [-0.25, -0.2) is 4.57 Å². The largest absolute Gasteiger partial charge is 0.529 e. The van der Waals surface area contributed by atoms with Crippen LogP contribution in [0.25, 0.3) is 0 Å². The van der Waals surface area contributed by atoms with Gasteiger partial charge in [0.1, 0.15) is 11.4 Å². The molecule has 1 N–H and O–H groups in total. The second-order valence-corrected chi connectivity index (χ2v) is 8.33. The zero-order chi connectivity index (χ0) is 18.7. The second-order valence-electron chi connectivity index (χ2n) is 6.74. The summed E-state index contributed by atoms with van der Waals surface area (Å²) >= 11 is 0. The molecule has 2 aliphatic carbocycles. The van der Waals surface area contributed by atoms with Gasteiger partial charge in [-0.15, -0.1) is 0 Å². The van der Waals surface area contributed by atoms with Gasteiger partial charge in [-0.3, -0.25) is 13.8 Å². The summed E-state index contributed by atoms with van der Waals surface area (Å²) in [4.78, 5) is 12.4. The van der Waals surface area contributed by atoms with Crippen molar-refractivity contribution in [2.45, 2.75) is 59.0 Å². The predicted octanol–water partition coefficient (Wildman–Crippen LogP) is 3.57. The van der Waals surface area contributed by atoms with Gasteiger partial charge in [0.15, 0.2) is 0 Å². The first-order valence-corrected chi connectivity index (χ1v) is 10.4. The van der Waals surface area contributed by atoms with E-state index in [1.807, 2.05) is 0 Å². The number of carbonyl (C=O) groups is 1. The molecule has 2 aliphatic rings. The summed E-state index contributed by atoms with van der Waals surface area (Å²) in [6.45, 7) is 7.40. The van der Waals surface area contributed by atoms with Gasteiger partial charge >= 0.3 is 13.8 Å². The van der Waals surface area contributed by atoms with Crippen molar-refractivity contribution in [2.75, 3.05) is 19.8 Å². The van der Waals surface area contributed by atoms with E-state index in [1.54, 1.807) is 27.7 Å². The molecule has 1 unspecified atom stereocenters. The Labute approximate surface area is 149 Å². The van der Waals surface area contributed by atoms with Crippen molar-refractivity contribution in [3.8, 4) is 0 Å². The summed E-state index contributed by atoms with van der Waals surface area (Å²) in [6.07, 6.45) is 4.05. The Balaban J connectivity index is 2.40. The molecule has 144 valence electrons. The van der Waals surface area contributed by atoms with E-state index >= 15 is 0 Å². The molecule has 0 aliphatic heterocycles. The molecule has 1 saturated carbocycles. The molecule has 3 atom stereocenters. The lowest BCUT2D eigenvalue weighted by Crippen LogP contribution is -2.46. The third kappa shape index (κ3) is 4.11. The summed E-state index contributed by atoms with van der Waals surface area (Å²) in [5.41, 5.74) is -2.20. The standard InChI is InChI=1S/C17H29O7P/c1-5-21-15(18)16(4)11-13-9-8-10-17(13,19)14(12-16)24-25(20,22-6-2)23-7-3/h12-13,19H,5-11H2,1-4H3/t13-,16?,17-/m1/s1. The first-order chi connectivity index (χ1) is 11.7. The van der Waals surface area contributed by atoms with Gasteiger partial charge in [0, 0.05) is 0 Å². The highest BCUT2D eigenvalue weighted by Gasteiger charge is 2.55. The van der Waals surface area contributed by atoms with E-state index in [0.29, 0.717) is 12.8 Å². The molecule has 7 nitrogen and oxygen atoms in total. The molecule has 0 aromatic rings. The van der Waals surface area contributed by atoms with Gasteiger partial charge < -0.3 is 14.4 Å². The molecule has 25 heavy (non-hydrogen) atoms. The first-order valence-electron chi connectivity index (χ1n) is 8.94. The number of rotatable bonds is 8. The number of phosphoric ester groups is 1. The van der Waals surface area contributed by atoms with Crippen LogP contribution >= 0.6 is 7.82 Å². The Morgan fingerprint density at radius 1 is 1.28 bits per heavy atom. The highest BCUT2D eigenvalue weighted by atomic mass is 31.2. The molecule has 0 aromatic carbocycles. The van der Waals surface area contributed by atoms with Crippen molar-refractivity contribution in [3.63, 3.8) is 0 Å². The fourth-order valence-electron chi connectivity index (χ4n) is 3.71. The summed E-state index contributed by atoms with van der Waals surface area (Å²) in [5, 5.41) is 11.1. The Morgan fingerprint density at radius 3 is 2.48 bits per heavy atom. The van der Waals surface area contributed by atoms with Crippen molar-refractivity contribution in [1.29, 1.82) is 0 Å². The van der Waals surface area contributed by atoms with Crippen molar-refractivity contribution in [3.05, 3.63) is 11.8 Å². The molecule has 0 spiro atoms.